The molecule has 0 radical (unpaired) electrons. The van der Waals surface area contributed by atoms with E-state index >= 15 is 0 Å². The van der Waals surface area contributed by atoms with Crippen molar-refractivity contribution in [3.8, 4) is 0 Å². The SMILES string of the molecule is CC(C)(C(N)c1ccc2cccnc2c1)S(C)(=O)=O. The number of nitrogens with zero attached hydrogens (tertiary/aromatic N) is 1. The Bertz CT molecular complexity index is 708. The number of hydrogen-bond donors (Lipinski definition) is 1. The second-order valence-corrected chi connectivity index (χ2v) is 7.91. The lowest BCUT2D eigenvalue weighted by atomic mass is 9.95. The summed E-state index contributed by atoms with van der Waals surface area (Å²) in [5.41, 5.74) is 7.74. The molecule has 2 rings (SSSR count). The highest BCUT2D eigenvalue weighted by molar-refractivity contribution is 7.92. The van der Waals surface area contributed by atoms with E-state index in [0.717, 1.165) is 16.5 Å². The normalized spacial score (nSPS) is 14.5. The molecule has 1 aromatic carbocycles. The Morgan fingerprint density at radius 2 is 1.95 bits per heavy atom. The smallest absolute Gasteiger partial charge is 0.154 e. The van der Waals surface area contributed by atoms with Crippen molar-refractivity contribution in [3.05, 3.63) is 42.1 Å². The highest BCUT2D eigenvalue weighted by Crippen LogP contribution is 2.31. The summed E-state index contributed by atoms with van der Waals surface area (Å²) in [6.07, 6.45) is 2.92. The Labute approximate surface area is 113 Å². The maximum absolute atomic E-state index is 11.8. The molecular weight excluding hydrogens is 260 g/mol. The summed E-state index contributed by atoms with van der Waals surface area (Å²) < 4.78 is 22.7. The summed E-state index contributed by atoms with van der Waals surface area (Å²) in [5.74, 6) is 0. The van der Waals surface area contributed by atoms with Crippen LogP contribution in [0.25, 0.3) is 10.9 Å². The highest BCUT2D eigenvalue weighted by atomic mass is 32.2. The van der Waals surface area contributed by atoms with E-state index in [-0.39, 0.29) is 0 Å². The summed E-state index contributed by atoms with van der Waals surface area (Å²) in [7, 11) is -3.25. The lowest BCUT2D eigenvalue weighted by Gasteiger charge is -2.30. The molecule has 0 bridgehead atoms. The molecule has 0 aliphatic carbocycles. The molecule has 0 saturated heterocycles. The minimum Gasteiger partial charge on any atom is -0.323 e. The van der Waals surface area contributed by atoms with Crippen molar-refractivity contribution in [2.75, 3.05) is 6.26 Å². The molecule has 2 aromatic rings. The maximum atomic E-state index is 11.8. The van der Waals surface area contributed by atoms with Gasteiger partial charge in [-0.1, -0.05) is 18.2 Å². The fourth-order valence-corrected chi connectivity index (χ4v) is 2.51. The van der Waals surface area contributed by atoms with Crippen LogP contribution in [0.5, 0.6) is 0 Å². The van der Waals surface area contributed by atoms with Crippen molar-refractivity contribution in [2.24, 2.45) is 5.73 Å². The van der Waals surface area contributed by atoms with E-state index < -0.39 is 20.6 Å². The fourth-order valence-electron chi connectivity index (χ4n) is 1.91. The molecule has 1 unspecified atom stereocenters. The van der Waals surface area contributed by atoms with Gasteiger partial charge in [-0.2, -0.15) is 0 Å². The van der Waals surface area contributed by atoms with E-state index in [1.165, 1.54) is 6.26 Å². The van der Waals surface area contributed by atoms with Gasteiger partial charge in [0.05, 0.1) is 10.3 Å². The topological polar surface area (TPSA) is 73.0 Å². The number of benzene rings is 1. The van der Waals surface area contributed by atoms with Gasteiger partial charge >= 0.3 is 0 Å². The monoisotopic (exact) mass is 278 g/mol. The van der Waals surface area contributed by atoms with Gasteiger partial charge < -0.3 is 5.73 Å². The van der Waals surface area contributed by atoms with Crippen molar-refractivity contribution in [1.29, 1.82) is 0 Å². The van der Waals surface area contributed by atoms with Gasteiger partial charge in [-0.05, 0) is 31.5 Å². The van der Waals surface area contributed by atoms with Crippen LogP contribution in [-0.2, 0) is 9.84 Å². The zero-order chi connectivity index (χ0) is 14.3. The van der Waals surface area contributed by atoms with Gasteiger partial charge in [0.2, 0.25) is 0 Å². The van der Waals surface area contributed by atoms with Crippen LogP contribution in [0.3, 0.4) is 0 Å². The maximum Gasteiger partial charge on any atom is 0.154 e. The number of aromatic nitrogens is 1. The van der Waals surface area contributed by atoms with E-state index in [2.05, 4.69) is 4.98 Å². The average molecular weight is 278 g/mol. The highest BCUT2D eigenvalue weighted by Gasteiger charge is 2.37. The molecule has 1 aromatic heterocycles. The van der Waals surface area contributed by atoms with Gasteiger partial charge in [-0.3, -0.25) is 4.98 Å². The molecule has 1 heterocycles. The van der Waals surface area contributed by atoms with Gasteiger partial charge in [-0.15, -0.1) is 0 Å². The summed E-state index contributed by atoms with van der Waals surface area (Å²) in [6.45, 7) is 3.30. The number of rotatable bonds is 3. The predicted molar refractivity (Wildman–Crippen MR) is 77.6 cm³/mol. The largest absolute Gasteiger partial charge is 0.323 e. The third kappa shape index (κ3) is 2.48. The number of pyridine rings is 1. The van der Waals surface area contributed by atoms with E-state index in [4.69, 9.17) is 5.73 Å². The van der Waals surface area contributed by atoms with E-state index in [1.807, 2.05) is 30.3 Å². The third-order valence-corrected chi connectivity index (χ3v) is 5.86. The summed E-state index contributed by atoms with van der Waals surface area (Å²) in [4.78, 5) is 4.26. The van der Waals surface area contributed by atoms with E-state index in [1.54, 1.807) is 20.0 Å². The number of hydrogen-bond acceptors (Lipinski definition) is 4. The number of fused-ring (bicyclic) bond motifs is 1. The zero-order valence-corrected chi connectivity index (χ0v) is 12.1. The van der Waals surface area contributed by atoms with E-state index in [9.17, 15) is 8.42 Å². The molecule has 5 heteroatoms. The Morgan fingerprint density at radius 3 is 2.58 bits per heavy atom. The van der Waals surface area contributed by atoms with Gasteiger partial charge in [0.25, 0.3) is 0 Å². The molecule has 0 saturated carbocycles. The van der Waals surface area contributed by atoms with E-state index in [0.29, 0.717) is 0 Å². The second kappa shape index (κ2) is 4.58. The zero-order valence-electron chi connectivity index (χ0n) is 11.3. The average Bonchev–Trinajstić information content (AvgIpc) is 2.36. The van der Waals surface area contributed by atoms with Crippen LogP contribution in [-0.4, -0.2) is 24.4 Å². The second-order valence-electron chi connectivity index (χ2n) is 5.31. The van der Waals surface area contributed by atoms with Crippen LogP contribution in [0.15, 0.2) is 36.5 Å². The lowest BCUT2D eigenvalue weighted by Crippen LogP contribution is -2.42. The molecular formula is C14H18N2O2S. The fraction of sp³-hybridized carbons (Fsp3) is 0.357. The quantitative estimate of drug-likeness (QED) is 0.932. The summed E-state index contributed by atoms with van der Waals surface area (Å²) in [5, 5.41) is 1.01. The summed E-state index contributed by atoms with van der Waals surface area (Å²) in [6, 6.07) is 8.86. The van der Waals surface area contributed by atoms with Crippen molar-refractivity contribution in [1.82, 2.24) is 4.98 Å². The molecule has 1 atom stereocenters. The minimum absolute atomic E-state index is 0.589. The number of sulfone groups is 1. The van der Waals surface area contributed by atoms with Crippen molar-refractivity contribution >= 4 is 20.7 Å². The Kier molecular flexibility index (Phi) is 3.36. The van der Waals surface area contributed by atoms with Crippen molar-refractivity contribution < 1.29 is 8.42 Å². The van der Waals surface area contributed by atoms with Gasteiger partial charge in [-0.25, -0.2) is 8.42 Å². The molecule has 102 valence electrons. The van der Waals surface area contributed by atoms with Crippen LogP contribution >= 0.6 is 0 Å². The third-order valence-electron chi connectivity index (χ3n) is 3.69. The molecule has 0 spiro atoms. The Morgan fingerprint density at radius 1 is 1.26 bits per heavy atom. The van der Waals surface area contributed by atoms with Gasteiger partial charge in [0.15, 0.2) is 9.84 Å². The predicted octanol–water partition coefficient (Wildman–Crippen LogP) is 2.06. The first-order valence-electron chi connectivity index (χ1n) is 6.03. The molecule has 0 fully saturated rings. The first-order chi connectivity index (χ1) is 8.73. The molecule has 2 N–H and O–H groups in total. The van der Waals surface area contributed by atoms with Gasteiger partial charge in [0.1, 0.15) is 0 Å². The standard InChI is InChI=1S/C14H18N2O2S/c1-14(2,19(3,17)18)13(15)11-7-6-10-5-4-8-16-12(10)9-11/h4-9,13H,15H2,1-3H3. The first-order valence-corrected chi connectivity index (χ1v) is 7.92. The van der Waals surface area contributed by atoms with Gasteiger partial charge in [0, 0.05) is 23.9 Å². The minimum atomic E-state index is -3.25. The Hall–Kier alpha value is -1.46. The summed E-state index contributed by atoms with van der Waals surface area (Å²) >= 11 is 0. The molecule has 0 amide bonds. The molecule has 19 heavy (non-hydrogen) atoms. The van der Waals surface area contributed by atoms with Crippen molar-refractivity contribution in [2.45, 2.75) is 24.6 Å². The molecule has 4 nitrogen and oxygen atoms in total. The van der Waals surface area contributed by atoms with Crippen LogP contribution in [0.4, 0.5) is 0 Å². The Balaban J connectivity index is 2.50. The molecule has 0 aliphatic heterocycles. The molecule has 0 aliphatic rings. The van der Waals surface area contributed by atoms with Crippen molar-refractivity contribution in [3.63, 3.8) is 0 Å². The van der Waals surface area contributed by atoms with Crippen LogP contribution in [0.2, 0.25) is 0 Å². The van der Waals surface area contributed by atoms with Crippen LogP contribution in [0, 0.1) is 0 Å². The lowest BCUT2D eigenvalue weighted by molar-refractivity contribution is 0.497. The first kappa shape index (κ1) is 14.0. The van der Waals surface area contributed by atoms with Crippen LogP contribution in [0.1, 0.15) is 25.5 Å². The number of nitrogens with two attached hydrogens (primary N) is 1. The van der Waals surface area contributed by atoms with Crippen LogP contribution < -0.4 is 5.73 Å².